The van der Waals surface area contributed by atoms with E-state index in [0.717, 1.165) is 43.2 Å². The number of fused-ring (bicyclic) bond motifs is 3. The summed E-state index contributed by atoms with van der Waals surface area (Å²) < 4.78 is 22.2. The summed E-state index contributed by atoms with van der Waals surface area (Å²) in [5, 5.41) is 4.58. The first kappa shape index (κ1) is 22.0. The predicted octanol–water partition coefficient (Wildman–Crippen LogP) is 3.29. The predicted molar refractivity (Wildman–Crippen MR) is 122 cm³/mol. The monoisotopic (exact) mass is 455 g/mol. The van der Waals surface area contributed by atoms with Crippen LogP contribution in [0.15, 0.2) is 53.6 Å². The van der Waals surface area contributed by atoms with Crippen molar-refractivity contribution < 1.29 is 9.13 Å². The molecule has 166 valence electrons. The number of ether oxygens (including phenoxy) is 1. The van der Waals surface area contributed by atoms with Gasteiger partial charge in [0.1, 0.15) is 29.6 Å². The van der Waals surface area contributed by atoms with Gasteiger partial charge in [-0.3, -0.25) is 14.3 Å². The molecule has 32 heavy (non-hydrogen) atoms. The van der Waals surface area contributed by atoms with E-state index >= 15 is 0 Å². The molecule has 0 saturated heterocycles. The van der Waals surface area contributed by atoms with E-state index in [1.54, 1.807) is 18.3 Å². The Balaban J connectivity index is 0.00000245. The topological polar surface area (TPSA) is 74.0 Å². The van der Waals surface area contributed by atoms with Crippen molar-refractivity contribution in [1.82, 2.24) is 24.4 Å². The van der Waals surface area contributed by atoms with Crippen LogP contribution < -0.4 is 15.6 Å². The van der Waals surface area contributed by atoms with Crippen LogP contribution in [0.1, 0.15) is 23.4 Å². The molecule has 0 bridgehead atoms. The highest BCUT2D eigenvalue weighted by Crippen LogP contribution is 2.27. The zero-order valence-electron chi connectivity index (χ0n) is 17.5. The lowest BCUT2D eigenvalue weighted by Gasteiger charge is -2.09. The Bertz CT molecular complexity index is 1320. The van der Waals surface area contributed by atoms with Crippen LogP contribution >= 0.6 is 12.4 Å². The average Bonchev–Trinajstić information content (AvgIpc) is 2.93. The first-order valence-corrected chi connectivity index (χ1v) is 10.2. The summed E-state index contributed by atoms with van der Waals surface area (Å²) in [5.41, 5.74) is 3.81. The van der Waals surface area contributed by atoms with E-state index in [2.05, 4.69) is 14.9 Å². The fourth-order valence-electron chi connectivity index (χ4n) is 4.05. The number of aromatic nitrogens is 4. The van der Waals surface area contributed by atoms with Gasteiger partial charge in [0.05, 0.1) is 11.9 Å². The smallest absolute Gasteiger partial charge is 0.259 e. The number of nitrogens with zero attached hydrogens (tertiary/aromatic N) is 4. The maximum atomic E-state index is 13.0. The molecule has 1 aliphatic heterocycles. The van der Waals surface area contributed by atoms with E-state index in [4.69, 9.17) is 9.72 Å². The van der Waals surface area contributed by atoms with Gasteiger partial charge in [-0.25, -0.2) is 9.37 Å². The summed E-state index contributed by atoms with van der Waals surface area (Å²) in [6, 6.07) is 9.91. The molecule has 0 saturated carbocycles. The molecule has 0 unspecified atom stereocenters. The Morgan fingerprint density at radius 1 is 1.22 bits per heavy atom. The van der Waals surface area contributed by atoms with Crippen molar-refractivity contribution in [2.45, 2.75) is 26.0 Å². The van der Waals surface area contributed by atoms with Gasteiger partial charge in [-0.2, -0.15) is 0 Å². The minimum atomic E-state index is -0.401. The van der Waals surface area contributed by atoms with Gasteiger partial charge < -0.3 is 14.6 Å². The lowest BCUT2D eigenvalue weighted by atomic mass is 10.1. The lowest BCUT2D eigenvalue weighted by Crippen LogP contribution is -2.18. The average molecular weight is 456 g/mol. The molecule has 0 aromatic carbocycles. The van der Waals surface area contributed by atoms with Crippen molar-refractivity contribution in [3.05, 3.63) is 81.9 Å². The van der Waals surface area contributed by atoms with E-state index in [1.807, 2.05) is 19.2 Å². The van der Waals surface area contributed by atoms with Crippen LogP contribution in [-0.4, -0.2) is 25.6 Å². The van der Waals surface area contributed by atoms with Gasteiger partial charge in [0, 0.05) is 36.9 Å². The molecule has 4 aromatic heterocycles. The first-order valence-electron chi connectivity index (χ1n) is 10.2. The van der Waals surface area contributed by atoms with Gasteiger partial charge in [-0.1, -0.05) is 0 Å². The summed E-state index contributed by atoms with van der Waals surface area (Å²) in [7, 11) is 2.03. The van der Waals surface area contributed by atoms with Gasteiger partial charge in [0.25, 0.3) is 5.56 Å². The van der Waals surface area contributed by atoms with Crippen molar-refractivity contribution in [3.8, 4) is 11.6 Å². The third-order valence-electron chi connectivity index (χ3n) is 5.64. The fraction of sp³-hybridized carbons (Fsp3) is 0.261. The van der Waals surface area contributed by atoms with Gasteiger partial charge >= 0.3 is 0 Å². The molecular weight excluding hydrogens is 433 g/mol. The maximum absolute atomic E-state index is 13.0. The van der Waals surface area contributed by atoms with E-state index in [-0.39, 0.29) is 24.6 Å². The molecule has 1 N–H and O–H groups in total. The summed E-state index contributed by atoms with van der Waals surface area (Å²) >= 11 is 0. The van der Waals surface area contributed by atoms with Crippen molar-refractivity contribution in [3.63, 3.8) is 0 Å². The SMILES string of the molecule is Cl.Cn1c2c(c3ccc(-n4ccc(OCc5ccc(F)cn5)cc4=O)nc31)CNCCC2. The third-order valence-corrected chi connectivity index (χ3v) is 5.64. The molecule has 5 rings (SSSR count). The fourth-order valence-corrected chi connectivity index (χ4v) is 4.05. The van der Waals surface area contributed by atoms with Crippen LogP contribution in [0.2, 0.25) is 0 Å². The Labute approximate surface area is 190 Å². The number of rotatable bonds is 4. The molecule has 5 heterocycles. The molecule has 0 amide bonds. The molecule has 0 fully saturated rings. The largest absolute Gasteiger partial charge is 0.487 e. The number of nitrogens with one attached hydrogen (secondary N) is 1. The Morgan fingerprint density at radius 2 is 2.09 bits per heavy atom. The van der Waals surface area contributed by atoms with Crippen molar-refractivity contribution >= 4 is 23.4 Å². The summed E-state index contributed by atoms with van der Waals surface area (Å²) in [5.74, 6) is 0.583. The molecule has 0 spiro atoms. The molecule has 4 aromatic rings. The Morgan fingerprint density at radius 3 is 2.88 bits per heavy atom. The van der Waals surface area contributed by atoms with Crippen molar-refractivity contribution in [2.24, 2.45) is 7.05 Å². The minimum absolute atomic E-state index is 0. The van der Waals surface area contributed by atoms with Crippen molar-refractivity contribution in [2.75, 3.05) is 6.54 Å². The second-order valence-electron chi connectivity index (χ2n) is 7.63. The number of hydrogen-bond donors (Lipinski definition) is 1. The Kier molecular flexibility index (Phi) is 6.25. The van der Waals surface area contributed by atoms with Gasteiger partial charge in [-0.15, -0.1) is 12.4 Å². The first-order chi connectivity index (χ1) is 15.1. The number of pyridine rings is 3. The molecule has 1 aliphatic rings. The number of halogens is 2. The van der Waals surface area contributed by atoms with Gasteiger partial charge in [-0.05, 0) is 55.3 Å². The van der Waals surface area contributed by atoms with Crippen molar-refractivity contribution in [1.29, 1.82) is 0 Å². The molecule has 0 aliphatic carbocycles. The van der Waals surface area contributed by atoms with Crippen LogP contribution in [0.25, 0.3) is 16.9 Å². The second kappa shape index (κ2) is 9.10. The molecular formula is C23H23ClFN5O2. The number of hydrogen-bond acceptors (Lipinski definition) is 5. The van der Waals surface area contributed by atoms with Crippen LogP contribution in [0.3, 0.4) is 0 Å². The number of aryl methyl sites for hydroxylation is 1. The summed E-state index contributed by atoms with van der Waals surface area (Å²) in [6.45, 7) is 2.00. The van der Waals surface area contributed by atoms with E-state index in [1.165, 1.54) is 28.0 Å². The third kappa shape index (κ3) is 4.11. The molecule has 0 atom stereocenters. The Hall–Kier alpha value is -3.23. The molecule has 0 radical (unpaired) electrons. The minimum Gasteiger partial charge on any atom is -0.487 e. The normalized spacial score (nSPS) is 13.3. The summed E-state index contributed by atoms with van der Waals surface area (Å²) in [6.07, 6.45) is 4.90. The highest BCUT2D eigenvalue weighted by atomic mass is 35.5. The quantitative estimate of drug-likeness (QED) is 0.511. The molecule has 9 heteroatoms. The van der Waals surface area contributed by atoms with Crippen LogP contribution in [0.4, 0.5) is 4.39 Å². The van der Waals surface area contributed by atoms with E-state index in [0.29, 0.717) is 17.3 Å². The second-order valence-corrected chi connectivity index (χ2v) is 7.63. The lowest BCUT2D eigenvalue weighted by molar-refractivity contribution is 0.300. The highest BCUT2D eigenvalue weighted by molar-refractivity contribution is 5.85. The van der Waals surface area contributed by atoms with Gasteiger partial charge in [0.15, 0.2) is 0 Å². The highest BCUT2D eigenvalue weighted by Gasteiger charge is 2.18. The zero-order chi connectivity index (χ0) is 21.4. The van der Waals surface area contributed by atoms with Crippen LogP contribution in [0, 0.1) is 5.82 Å². The molecule has 7 nitrogen and oxygen atoms in total. The van der Waals surface area contributed by atoms with E-state index in [9.17, 15) is 9.18 Å². The van der Waals surface area contributed by atoms with Crippen LogP contribution in [0.5, 0.6) is 5.75 Å². The maximum Gasteiger partial charge on any atom is 0.259 e. The van der Waals surface area contributed by atoms with Crippen LogP contribution in [-0.2, 0) is 26.6 Å². The standard InChI is InChI=1S/C23H22FN5O2.ClH/c1-28-20-3-2-9-25-13-19(20)18-6-7-21(27-23(18)28)29-10-8-17(11-22(29)30)31-14-16-5-4-15(24)12-26-16;/h4-8,10-12,25H,2-3,9,13-14H2,1H3;1H. The van der Waals surface area contributed by atoms with Gasteiger partial charge in [0.2, 0.25) is 0 Å². The zero-order valence-corrected chi connectivity index (χ0v) is 18.4. The van der Waals surface area contributed by atoms with E-state index < -0.39 is 5.82 Å². The summed E-state index contributed by atoms with van der Waals surface area (Å²) in [4.78, 5) is 21.5.